The third kappa shape index (κ3) is 4.30. The molecule has 7 nitrogen and oxygen atoms in total. The average Bonchev–Trinajstić information content (AvgIpc) is 3.07. The van der Waals surface area contributed by atoms with Gasteiger partial charge in [-0.15, -0.1) is 0 Å². The molecule has 0 saturated carbocycles. The lowest BCUT2D eigenvalue weighted by molar-refractivity contribution is -0.144. The molecular weight excluding hydrogens is 382 g/mol. The molecule has 3 aliphatic rings. The summed E-state index contributed by atoms with van der Waals surface area (Å²) >= 11 is 0. The molecule has 162 valence electrons. The summed E-state index contributed by atoms with van der Waals surface area (Å²) in [4.78, 5) is 43.5. The number of nitrogens with zero attached hydrogens (tertiary/aromatic N) is 3. The lowest BCUT2D eigenvalue weighted by atomic mass is 9.94. The molecule has 1 unspecified atom stereocenters. The zero-order valence-electron chi connectivity index (χ0n) is 17.7. The molecule has 1 aromatic carbocycles. The van der Waals surface area contributed by atoms with Crippen LogP contribution in [0, 0.1) is 5.92 Å². The third-order valence-electron chi connectivity index (χ3n) is 6.50. The molecule has 0 aliphatic carbocycles. The van der Waals surface area contributed by atoms with Crippen LogP contribution in [-0.2, 0) is 14.4 Å². The van der Waals surface area contributed by atoms with Gasteiger partial charge in [-0.1, -0.05) is 25.0 Å². The summed E-state index contributed by atoms with van der Waals surface area (Å²) < 4.78 is 5.95. The molecule has 0 bridgehead atoms. The normalized spacial score (nSPS) is 22.7. The molecular formula is C23H31N3O4. The minimum absolute atomic E-state index is 0.00821. The Balaban J connectivity index is 1.36. The monoisotopic (exact) mass is 413 g/mol. The van der Waals surface area contributed by atoms with Gasteiger partial charge in [0.25, 0.3) is 5.91 Å². The fourth-order valence-electron chi connectivity index (χ4n) is 4.76. The Kier molecular flexibility index (Phi) is 6.25. The number of para-hydroxylation sites is 2. The first kappa shape index (κ1) is 20.7. The number of likely N-dealkylation sites (tertiary alicyclic amines) is 2. The summed E-state index contributed by atoms with van der Waals surface area (Å²) in [5, 5.41) is 0. The highest BCUT2D eigenvalue weighted by atomic mass is 16.5. The summed E-state index contributed by atoms with van der Waals surface area (Å²) in [6.45, 7) is 4.58. The van der Waals surface area contributed by atoms with E-state index < -0.39 is 6.10 Å². The van der Waals surface area contributed by atoms with E-state index in [2.05, 4.69) is 0 Å². The van der Waals surface area contributed by atoms with Crippen molar-refractivity contribution in [2.24, 2.45) is 5.92 Å². The number of ether oxygens (including phenoxy) is 1. The highest BCUT2D eigenvalue weighted by Crippen LogP contribution is 2.34. The average molecular weight is 414 g/mol. The van der Waals surface area contributed by atoms with Gasteiger partial charge in [0, 0.05) is 39.0 Å². The van der Waals surface area contributed by atoms with Crippen LogP contribution in [0.25, 0.3) is 0 Å². The lowest BCUT2D eigenvalue weighted by Crippen LogP contribution is -2.53. The van der Waals surface area contributed by atoms with E-state index in [9.17, 15) is 14.4 Å². The Morgan fingerprint density at radius 1 is 0.867 bits per heavy atom. The van der Waals surface area contributed by atoms with Gasteiger partial charge in [0.05, 0.1) is 12.2 Å². The first-order chi connectivity index (χ1) is 14.5. The number of hydrogen-bond donors (Lipinski definition) is 0. The van der Waals surface area contributed by atoms with Gasteiger partial charge in [0.1, 0.15) is 5.75 Å². The van der Waals surface area contributed by atoms with Gasteiger partial charge in [-0.05, 0) is 37.8 Å². The van der Waals surface area contributed by atoms with Gasteiger partial charge >= 0.3 is 0 Å². The minimum atomic E-state index is -0.707. The van der Waals surface area contributed by atoms with Gasteiger partial charge in [-0.25, -0.2) is 0 Å². The second-order valence-electron chi connectivity index (χ2n) is 8.54. The van der Waals surface area contributed by atoms with E-state index in [1.165, 1.54) is 19.8 Å². The maximum Gasteiger partial charge on any atom is 0.265 e. The van der Waals surface area contributed by atoms with Crippen LogP contribution in [-0.4, -0.2) is 66.3 Å². The fourth-order valence-corrected chi connectivity index (χ4v) is 4.76. The van der Waals surface area contributed by atoms with Crippen LogP contribution in [0.15, 0.2) is 24.3 Å². The summed E-state index contributed by atoms with van der Waals surface area (Å²) in [6.07, 6.45) is 5.28. The number of benzene rings is 1. The molecule has 30 heavy (non-hydrogen) atoms. The first-order valence-corrected chi connectivity index (χ1v) is 11.2. The van der Waals surface area contributed by atoms with E-state index in [0.29, 0.717) is 37.4 Å². The lowest BCUT2D eigenvalue weighted by Gasteiger charge is -2.38. The predicted octanol–water partition coefficient (Wildman–Crippen LogP) is 2.44. The van der Waals surface area contributed by atoms with Crippen LogP contribution in [0.4, 0.5) is 5.69 Å². The minimum Gasteiger partial charge on any atom is -0.476 e. The SMILES string of the molecule is CC(=O)N1CC(C(=O)N2CCC(C(=O)N3CCCCCC3)CC2)Oc2ccccc21. The number of carbonyl (C=O) groups is 3. The number of carbonyl (C=O) groups excluding carboxylic acids is 3. The smallest absolute Gasteiger partial charge is 0.265 e. The number of hydrogen-bond acceptors (Lipinski definition) is 4. The van der Waals surface area contributed by atoms with Crippen LogP contribution in [0.1, 0.15) is 45.4 Å². The van der Waals surface area contributed by atoms with Crippen LogP contribution >= 0.6 is 0 Å². The molecule has 1 atom stereocenters. The van der Waals surface area contributed by atoms with Crippen molar-refractivity contribution in [3.8, 4) is 5.75 Å². The Bertz CT molecular complexity index is 795. The zero-order valence-corrected chi connectivity index (χ0v) is 17.7. The van der Waals surface area contributed by atoms with E-state index in [1.807, 2.05) is 23.1 Å². The highest BCUT2D eigenvalue weighted by Gasteiger charge is 2.37. The summed E-state index contributed by atoms with van der Waals surface area (Å²) in [7, 11) is 0. The van der Waals surface area contributed by atoms with Crippen molar-refractivity contribution in [2.45, 2.75) is 51.6 Å². The van der Waals surface area contributed by atoms with E-state index in [4.69, 9.17) is 4.74 Å². The van der Waals surface area contributed by atoms with Crippen molar-refractivity contribution in [3.63, 3.8) is 0 Å². The maximum absolute atomic E-state index is 13.1. The maximum atomic E-state index is 13.1. The predicted molar refractivity (Wildman–Crippen MR) is 113 cm³/mol. The molecule has 1 aromatic rings. The van der Waals surface area contributed by atoms with Crippen molar-refractivity contribution >= 4 is 23.4 Å². The second kappa shape index (κ2) is 9.06. The molecule has 3 aliphatic heterocycles. The number of rotatable bonds is 2. The van der Waals surface area contributed by atoms with Crippen LogP contribution in [0.2, 0.25) is 0 Å². The quantitative estimate of drug-likeness (QED) is 0.747. The number of piperidine rings is 1. The van der Waals surface area contributed by atoms with Gasteiger partial charge < -0.3 is 19.4 Å². The molecule has 7 heteroatoms. The zero-order chi connectivity index (χ0) is 21.1. The number of amides is 3. The van der Waals surface area contributed by atoms with Gasteiger partial charge in [0.2, 0.25) is 11.8 Å². The molecule has 0 radical (unpaired) electrons. The molecule has 3 heterocycles. The van der Waals surface area contributed by atoms with Crippen LogP contribution in [0.3, 0.4) is 0 Å². The van der Waals surface area contributed by atoms with E-state index in [1.54, 1.807) is 15.9 Å². The third-order valence-corrected chi connectivity index (χ3v) is 6.50. The summed E-state index contributed by atoms with van der Waals surface area (Å²) in [5.41, 5.74) is 0.704. The van der Waals surface area contributed by atoms with E-state index in [-0.39, 0.29) is 30.2 Å². The van der Waals surface area contributed by atoms with Gasteiger partial charge in [0.15, 0.2) is 6.10 Å². The van der Waals surface area contributed by atoms with Crippen molar-refractivity contribution < 1.29 is 19.1 Å². The van der Waals surface area contributed by atoms with Crippen molar-refractivity contribution in [3.05, 3.63) is 24.3 Å². The van der Waals surface area contributed by atoms with Gasteiger partial charge in [-0.2, -0.15) is 0 Å². The number of anilines is 1. The topological polar surface area (TPSA) is 70.2 Å². The Morgan fingerprint density at radius 3 is 2.17 bits per heavy atom. The molecule has 3 amide bonds. The van der Waals surface area contributed by atoms with E-state index in [0.717, 1.165) is 25.9 Å². The van der Waals surface area contributed by atoms with Crippen LogP contribution in [0.5, 0.6) is 5.75 Å². The molecule has 0 N–H and O–H groups in total. The fraction of sp³-hybridized carbons (Fsp3) is 0.609. The summed E-state index contributed by atoms with van der Waals surface area (Å²) in [6, 6.07) is 7.31. The Labute approximate surface area is 177 Å². The molecule has 0 aromatic heterocycles. The van der Waals surface area contributed by atoms with Crippen LogP contribution < -0.4 is 9.64 Å². The highest BCUT2D eigenvalue weighted by molar-refractivity contribution is 5.96. The van der Waals surface area contributed by atoms with E-state index >= 15 is 0 Å². The Morgan fingerprint density at radius 2 is 1.50 bits per heavy atom. The molecule has 2 saturated heterocycles. The standard InChI is InChI=1S/C23H31N3O4/c1-17(27)26-16-21(30-20-9-5-4-8-19(20)26)23(29)25-14-10-18(11-15-25)22(28)24-12-6-2-3-7-13-24/h4-5,8-9,18,21H,2-3,6-7,10-16H2,1H3. The summed E-state index contributed by atoms with van der Waals surface area (Å²) in [5.74, 6) is 0.619. The molecule has 4 rings (SSSR count). The molecule has 0 spiro atoms. The Hall–Kier alpha value is -2.57. The molecule has 2 fully saturated rings. The van der Waals surface area contributed by atoms with Crippen molar-refractivity contribution in [2.75, 3.05) is 37.6 Å². The van der Waals surface area contributed by atoms with Crippen molar-refractivity contribution in [1.82, 2.24) is 9.80 Å². The van der Waals surface area contributed by atoms with Gasteiger partial charge in [-0.3, -0.25) is 14.4 Å². The second-order valence-corrected chi connectivity index (χ2v) is 8.54. The number of fused-ring (bicyclic) bond motifs is 1. The van der Waals surface area contributed by atoms with Crippen molar-refractivity contribution in [1.29, 1.82) is 0 Å². The first-order valence-electron chi connectivity index (χ1n) is 11.2. The largest absolute Gasteiger partial charge is 0.476 e.